The normalized spacial score (nSPS) is 21.1. The monoisotopic (exact) mass is 527 g/mol. The first kappa shape index (κ1) is 25.0. The van der Waals surface area contributed by atoms with Crippen molar-refractivity contribution in [1.29, 1.82) is 0 Å². The lowest BCUT2D eigenvalue weighted by molar-refractivity contribution is -0.121. The second-order valence-corrected chi connectivity index (χ2v) is 9.81. The molecule has 0 bridgehead atoms. The number of Topliss-reactive ketones (excluding diaryl/α,β-unsaturated/α-hetero) is 1. The van der Waals surface area contributed by atoms with Crippen molar-refractivity contribution in [3.63, 3.8) is 0 Å². The first-order valence-electron chi connectivity index (χ1n) is 13.1. The van der Waals surface area contributed by atoms with Crippen molar-refractivity contribution in [1.82, 2.24) is 34.7 Å². The number of hydrogen-bond acceptors (Lipinski definition) is 10. The summed E-state index contributed by atoms with van der Waals surface area (Å²) < 4.78 is 35.0. The Kier molecular flexibility index (Phi) is 7.13. The SMILES string of the molecule is O=C(CN1CCN(c2nc(N3CCOCC3)nc(-n3c(C(F)F)nc4ccccc43)n2)CC1)[C@H]1CCCN1. The van der Waals surface area contributed by atoms with Crippen molar-refractivity contribution >= 4 is 28.7 Å². The number of benzene rings is 1. The van der Waals surface area contributed by atoms with Crippen LogP contribution >= 0.6 is 0 Å². The Morgan fingerprint density at radius 2 is 1.63 bits per heavy atom. The van der Waals surface area contributed by atoms with E-state index in [0.717, 1.165) is 19.4 Å². The van der Waals surface area contributed by atoms with Crippen molar-refractivity contribution in [2.45, 2.75) is 25.3 Å². The Morgan fingerprint density at radius 3 is 2.32 bits per heavy atom. The van der Waals surface area contributed by atoms with Gasteiger partial charge in [-0.1, -0.05) is 12.1 Å². The maximum Gasteiger partial charge on any atom is 0.296 e. The summed E-state index contributed by atoms with van der Waals surface area (Å²) in [4.78, 5) is 37.0. The van der Waals surface area contributed by atoms with Gasteiger partial charge in [-0.3, -0.25) is 14.3 Å². The predicted molar refractivity (Wildman–Crippen MR) is 137 cm³/mol. The van der Waals surface area contributed by atoms with E-state index in [1.165, 1.54) is 4.57 Å². The summed E-state index contributed by atoms with van der Waals surface area (Å²) in [6.07, 6.45) is -0.859. The van der Waals surface area contributed by atoms with E-state index in [1.54, 1.807) is 24.3 Å². The molecular formula is C25H31F2N9O2. The number of carbonyl (C=O) groups excluding carboxylic acids is 1. The molecule has 2 aromatic heterocycles. The van der Waals surface area contributed by atoms with Crippen LogP contribution in [0, 0.1) is 0 Å². The number of anilines is 2. The molecule has 3 aromatic rings. The highest BCUT2D eigenvalue weighted by Crippen LogP contribution is 2.28. The molecule has 0 unspecified atom stereocenters. The van der Waals surface area contributed by atoms with Crippen LogP contribution in [0.15, 0.2) is 24.3 Å². The average molecular weight is 528 g/mol. The number of alkyl halides is 2. The Balaban J connectivity index is 1.30. The number of nitrogens with zero attached hydrogens (tertiary/aromatic N) is 8. The van der Waals surface area contributed by atoms with Crippen LogP contribution in [-0.2, 0) is 9.53 Å². The Hall–Kier alpha value is -3.29. The third-order valence-electron chi connectivity index (χ3n) is 7.36. The summed E-state index contributed by atoms with van der Waals surface area (Å²) >= 11 is 0. The first-order chi connectivity index (χ1) is 18.6. The van der Waals surface area contributed by atoms with Crippen molar-refractivity contribution < 1.29 is 18.3 Å². The Bertz CT molecular complexity index is 1280. The van der Waals surface area contributed by atoms with Gasteiger partial charge in [-0.2, -0.15) is 15.0 Å². The van der Waals surface area contributed by atoms with E-state index in [0.29, 0.717) is 82.0 Å². The number of morpholine rings is 1. The number of nitrogens with one attached hydrogen (secondary N) is 1. The van der Waals surface area contributed by atoms with Gasteiger partial charge in [-0.15, -0.1) is 0 Å². The maximum atomic E-state index is 14.1. The zero-order chi connectivity index (χ0) is 26.1. The molecular weight excluding hydrogens is 496 g/mol. The number of fused-ring (bicyclic) bond motifs is 1. The van der Waals surface area contributed by atoms with Crippen LogP contribution in [0.1, 0.15) is 25.1 Å². The lowest BCUT2D eigenvalue weighted by Crippen LogP contribution is -2.50. The number of piperazine rings is 1. The Labute approximate surface area is 218 Å². The number of ether oxygens (including phenoxy) is 1. The second kappa shape index (κ2) is 10.8. The van der Waals surface area contributed by atoms with Crippen LogP contribution in [0.4, 0.5) is 20.7 Å². The molecule has 6 rings (SSSR count). The van der Waals surface area contributed by atoms with E-state index >= 15 is 0 Å². The average Bonchev–Trinajstić information content (AvgIpc) is 3.63. The van der Waals surface area contributed by atoms with Crippen LogP contribution in [0.5, 0.6) is 0 Å². The topological polar surface area (TPSA) is 105 Å². The van der Waals surface area contributed by atoms with Gasteiger partial charge >= 0.3 is 0 Å². The summed E-state index contributed by atoms with van der Waals surface area (Å²) in [5.74, 6) is 0.805. The highest BCUT2D eigenvalue weighted by molar-refractivity contribution is 5.86. The fraction of sp³-hybridized carbons (Fsp3) is 0.560. The molecule has 0 aliphatic carbocycles. The standard InChI is InChI=1S/C25H31F2N9O2/c26-21(27)22-29-17-4-1-2-6-19(17)36(22)25-31-23(30-24(32-25)35-12-14-38-15-13-35)34-10-8-33(9-11-34)16-20(37)18-5-3-7-28-18/h1-2,4,6,18,21,28H,3,5,7-16H2/t18-/m1/s1. The molecule has 1 N–H and O–H groups in total. The van der Waals surface area contributed by atoms with Crippen molar-refractivity contribution in [2.24, 2.45) is 0 Å². The number of para-hydroxylation sites is 2. The van der Waals surface area contributed by atoms with Gasteiger partial charge in [0.05, 0.1) is 36.8 Å². The molecule has 3 aliphatic rings. The molecule has 0 saturated carbocycles. The fourth-order valence-electron chi connectivity index (χ4n) is 5.29. The van der Waals surface area contributed by atoms with E-state index in [2.05, 4.69) is 25.2 Å². The van der Waals surface area contributed by atoms with E-state index < -0.39 is 12.2 Å². The molecule has 13 heteroatoms. The molecule has 3 fully saturated rings. The molecule has 5 heterocycles. The number of hydrogen-bond donors (Lipinski definition) is 1. The van der Waals surface area contributed by atoms with Gasteiger partial charge in [0, 0.05) is 39.3 Å². The molecule has 0 radical (unpaired) electrons. The molecule has 1 aromatic carbocycles. The quantitative estimate of drug-likeness (QED) is 0.485. The number of rotatable bonds is 7. The van der Waals surface area contributed by atoms with Gasteiger partial charge in [0.25, 0.3) is 6.43 Å². The number of imidazole rings is 1. The van der Waals surface area contributed by atoms with Crippen molar-refractivity contribution in [3.05, 3.63) is 30.1 Å². The van der Waals surface area contributed by atoms with E-state index in [9.17, 15) is 13.6 Å². The van der Waals surface area contributed by atoms with Crippen LogP contribution in [0.2, 0.25) is 0 Å². The fourth-order valence-corrected chi connectivity index (χ4v) is 5.29. The van der Waals surface area contributed by atoms with Crippen LogP contribution in [0.25, 0.3) is 17.0 Å². The van der Waals surface area contributed by atoms with E-state index in [4.69, 9.17) is 9.72 Å². The summed E-state index contributed by atoms with van der Waals surface area (Å²) in [7, 11) is 0. The number of ketones is 1. The van der Waals surface area contributed by atoms with E-state index in [-0.39, 0.29) is 17.8 Å². The summed E-state index contributed by atoms with van der Waals surface area (Å²) in [5, 5.41) is 3.27. The zero-order valence-electron chi connectivity index (χ0n) is 21.1. The Morgan fingerprint density at radius 1 is 0.947 bits per heavy atom. The second-order valence-electron chi connectivity index (χ2n) is 9.81. The van der Waals surface area contributed by atoms with Gasteiger partial charge in [0.2, 0.25) is 17.8 Å². The highest BCUT2D eigenvalue weighted by atomic mass is 19.3. The maximum absolute atomic E-state index is 14.1. The summed E-state index contributed by atoms with van der Waals surface area (Å²) in [5.41, 5.74) is 0.962. The number of carbonyl (C=O) groups is 1. The molecule has 3 aliphatic heterocycles. The van der Waals surface area contributed by atoms with Crippen LogP contribution in [0.3, 0.4) is 0 Å². The van der Waals surface area contributed by atoms with Crippen molar-refractivity contribution in [3.8, 4) is 5.95 Å². The lowest BCUT2D eigenvalue weighted by atomic mass is 10.1. The number of aromatic nitrogens is 5. The number of halogens is 2. The first-order valence-corrected chi connectivity index (χ1v) is 13.1. The van der Waals surface area contributed by atoms with Crippen molar-refractivity contribution in [2.75, 3.05) is 75.4 Å². The summed E-state index contributed by atoms with van der Waals surface area (Å²) in [6.45, 7) is 6.19. The summed E-state index contributed by atoms with van der Waals surface area (Å²) in [6, 6.07) is 6.94. The molecule has 38 heavy (non-hydrogen) atoms. The van der Waals surface area contributed by atoms with Crippen LogP contribution < -0.4 is 15.1 Å². The minimum absolute atomic E-state index is 0.0377. The molecule has 202 valence electrons. The minimum atomic E-state index is -2.80. The lowest BCUT2D eigenvalue weighted by Gasteiger charge is -2.35. The van der Waals surface area contributed by atoms with E-state index in [1.807, 2.05) is 9.80 Å². The van der Waals surface area contributed by atoms with Gasteiger partial charge in [0.15, 0.2) is 11.6 Å². The van der Waals surface area contributed by atoms with Gasteiger partial charge < -0.3 is 19.9 Å². The molecule has 0 amide bonds. The molecule has 1 atom stereocenters. The highest BCUT2D eigenvalue weighted by Gasteiger charge is 2.29. The third kappa shape index (κ3) is 5.05. The van der Waals surface area contributed by atoms with Gasteiger partial charge in [-0.05, 0) is 31.5 Å². The van der Waals surface area contributed by atoms with Gasteiger partial charge in [-0.25, -0.2) is 13.8 Å². The van der Waals surface area contributed by atoms with Gasteiger partial charge in [0.1, 0.15) is 0 Å². The van der Waals surface area contributed by atoms with Crippen LogP contribution in [-0.4, -0.2) is 107 Å². The third-order valence-corrected chi connectivity index (χ3v) is 7.36. The predicted octanol–water partition coefficient (Wildman–Crippen LogP) is 1.43. The molecule has 3 saturated heterocycles. The molecule has 0 spiro atoms. The largest absolute Gasteiger partial charge is 0.378 e. The molecule has 11 nitrogen and oxygen atoms in total. The smallest absolute Gasteiger partial charge is 0.296 e. The minimum Gasteiger partial charge on any atom is -0.378 e. The zero-order valence-corrected chi connectivity index (χ0v) is 21.1.